The van der Waals surface area contributed by atoms with Crippen LogP contribution in [0.25, 0.3) is 0 Å². The maximum Gasteiger partial charge on any atom is 0.243 e. The number of nitrogens with zero attached hydrogens (tertiary/aromatic N) is 1. The van der Waals surface area contributed by atoms with E-state index >= 15 is 0 Å². The second-order valence-corrected chi connectivity index (χ2v) is 7.49. The van der Waals surface area contributed by atoms with E-state index in [1.807, 2.05) is 6.07 Å². The summed E-state index contributed by atoms with van der Waals surface area (Å²) >= 11 is 5.80. The maximum atomic E-state index is 12.8. The molecule has 0 aliphatic carbocycles. The molecule has 1 unspecified atom stereocenters. The normalized spacial score (nSPS) is 21.0. The molecule has 1 aromatic rings. The molecular weight excluding hydrogens is 294 g/mol. The van der Waals surface area contributed by atoms with Crippen LogP contribution in [0.15, 0.2) is 29.2 Å². The molecule has 1 fully saturated rings. The average molecular weight is 316 g/mol. The molecule has 1 aromatic carbocycles. The van der Waals surface area contributed by atoms with Gasteiger partial charge in [0.15, 0.2) is 0 Å². The van der Waals surface area contributed by atoms with E-state index in [0.29, 0.717) is 17.3 Å². The Hall–Kier alpha value is -0.580. The minimum atomic E-state index is -3.39. The standard InChI is InChI=1S/C15H22ClNO2S/c1-2-6-14-8-3-4-10-17(14)20(18,19)15-9-5-7-13(11-15)12-16/h5,7,9,11,14H,2-4,6,8,10,12H2,1H3. The molecule has 0 saturated carbocycles. The minimum Gasteiger partial charge on any atom is -0.207 e. The first kappa shape index (κ1) is 15.8. The van der Waals surface area contributed by atoms with Crippen LogP contribution in [0.3, 0.4) is 0 Å². The number of sulfonamides is 1. The van der Waals surface area contributed by atoms with Crippen molar-refractivity contribution in [2.75, 3.05) is 6.54 Å². The zero-order valence-electron chi connectivity index (χ0n) is 11.9. The quantitative estimate of drug-likeness (QED) is 0.776. The molecule has 2 rings (SSSR count). The van der Waals surface area contributed by atoms with Crippen molar-refractivity contribution in [3.63, 3.8) is 0 Å². The van der Waals surface area contributed by atoms with E-state index in [9.17, 15) is 8.42 Å². The van der Waals surface area contributed by atoms with Crippen LogP contribution in [0.2, 0.25) is 0 Å². The Bertz CT molecular complexity index is 543. The molecule has 1 aliphatic heterocycles. The topological polar surface area (TPSA) is 37.4 Å². The molecule has 1 atom stereocenters. The third-order valence-corrected chi connectivity index (χ3v) is 6.11. The van der Waals surface area contributed by atoms with Crippen LogP contribution in [-0.2, 0) is 15.9 Å². The van der Waals surface area contributed by atoms with Gasteiger partial charge in [-0.3, -0.25) is 0 Å². The Morgan fingerprint density at radius 1 is 1.35 bits per heavy atom. The Balaban J connectivity index is 2.31. The van der Waals surface area contributed by atoms with Crippen molar-refractivity contribution in [1.82, 2.24) is 4.31 Å². The lowest BCUT2D eigenvalue weighted by Crippen LogP contribution is -2.43. The third kappa shape index (κ3) is 3.35. The zero-order chi connectivity index (χ0) is 14.6. The van der Waals surface area contributed by atoms with E-state index in [-0.39, 0.29) is 6.04 Å². The van der Waals surface area contributed by atoms with Gasteiger partial charge in [-0.25, -0.2) is 8.42 Å². The molecule has 20 heavy (non-hydrogen) atoms. The van der Waals surface area contributed by atoms with Crippen molar-refractivity contribution in [3.05, 3.63) is 29.8 Å². The van der Waals surface area contributed by atoms with Crippen LogP contribution in [-0.4, -0.2) is 25.3 Å². The predicted octanol–water partition coefficient (Wildman–Crippen LogP) is 3.77. The van der Waals surface area contributed by atoms with Gasteiger partial charge in [0.1, 0.15) is 0 Å². The summed E-state index contributed by atoms with van der Waals surface area (Å²) in [6, 6.07) is 7.14. The highest BCUT2D eigenvalue weighted by Crippen LogP contribution is 2.28. The van der Waals surface area contributed by atoms with Crippen LogP contribution >= 0.6 is 11.6 Å². The van der Waals surface area contributed by atoms with E-state index in [1.54, 1.807) is 22.5 Å². The number of halogens is 1. The lowest BCUT2D eigenvalue weighted by Gasteiger charge is -2.34. The van der Waals surface area contributed by atoms with Crippen LogP contribution in [0.4, 0.5) is 0 Å². The van der Waals surface area contributed by atoms with E-state index in [4.69, 9.17) is 11.6 Å². The first-order chi connectivity index (χ1) is 9.59. The van der Waals surface area contributed by atoms with E-state index in [1.165, 1.54) is 0 Å². The van der Waals surface area contributed by atoms with Gasteiger partial charge in [-0.2, -0.15) is 4.31 Å². The molecule has 1 heterocycles. The first-order valence-corrected chi connectivity index (χ1v) is 9.23. The lowest BCUT2D eigenvalue weighted by atomic mass is 10.0. The lowest BCUT2D eigenvalue weighted by molar-refractivity contribution is 0.239. The molecule has 112 valence electrons. The maximum absolute atomic E-state index is 12.8. The van der Waals surface area contributed by atoms with Crippen molar-refractivity contribution >= 4 is 21.6 Å². The van der Waals surface area contributed by atoms with Crippen molar-refractivity contribution in [2.45, 2.75) is 55.8 Å². The highest BCUT2D eigenvalue weighted by Gasteiger charge is 2.32. The molecule has 0 aromatic heterocycles. The highest BCUT2D eigenvalue weighted by atomic mass is 35.5. The molecular formula is C15H22ClNO2S. The third-order valence-electron chi connectivity index (χ3n) is 3.85. The summed E-state index contributed by atoms with van der Waals surface area (Å²) in [5.41, 5.74) is 0.844. The fourth-order valence-electron chi connectivity index (χ4n) is 2.84. The molecule has 0 radical (unpaired) electrons. The van der Waals surface area contributed by atoms with Crippen LogP contribution in [0.1, 0.15) is 44.6 Å². The molecule has 5 heteroatoms. The summed E-state index contributed by atoms with van der Waals surface area (Å²) in [7, 11) is -3.39. The second kappa shape index (κ2) is 6.92. The second-order valence-electron chi connectivity index (χ2n) is 5.34. The van der Waals surface area contributed by atoms with E-state index in [0.717, 1.165) is 37.7 Å². The van der Waals surface area contributed by atoms with Gasteiger partial charge in [-0.15, -0.1) is 11.6 Å². The van der Waals surface area contributed by atoms with E-state index in [2.05, 4.69) is 6.92 Å². The molecule has 1 aliphatic rings. The van der Waals surface area contributed by atoms with E-state index < -0.39 is 10.0 Å². The number of rotatable bonds is 5. The predicted molar refractivity (Wildman–Crippen MR) is 82.4 cm³/mol. The monoisotopic (exact) mass is 315 g/mol. The average Bonchev–Trinajstić information content (AvgIpc) is 2.48. The molecule has 1 saturated heterocycles. The number of hydrogen-bond acceptors (Lipinski definition) is 2. The van der Waals surface area contributed by atoms with Crippen molar-refractivity contribution in [3.8, 4) is 0 Å². The summed E-state index contributed by atoms with van der Waals surface area (Å²) in [6.07, 6.45) is 5.00. The minimum absolute atomic E-state index is 0.151. The van der Waals surface area contributed by atoms with Gasteiger partial charge < -0.3 is 0 Å². The molecule has 0 bridgehead atoms. The highest BCUT2D eigenvalue weighted by molar-refractivity contribution is 7.89. The Morgan fingerprint density at radius 3 is 2.85 bits per heavy atom. The molecule has 0 amide bonds. The van der Waals surface area contributed by atoms with Crippen molar-refractivity contribution in [1.29, 1.82) is 0 Å². The summed E-state index contributed by atoms with van der Waals surface area (Å²) < 4.78 is 27.3. The summed E-state index contributed by atoms with van der Waals surface area (Å²) in [5.74, 6) is 0.335. The summed E-state index contributed by atoms with van der Waals surface area (Å²) in [4.78, 5) is 0.374. The number of alkyl halides is 1. The Kier molecular flexibility index (Phi) is 5.47. The fraction of sp³-hybridized carbons (Fsp3) is 0.600. The zero-order valence-corrected chi connectivity index (χ0v) is 13.5. The fourth-order valence-corrected chi connectivity index (χ4v) is 4.80. The Labute approximate surface area is 127 Å². The van der Waals surface area contributed by atoms with Gasteiger partial charge in [0, 0.05) is 18.5 Å². The van der Waals surface area contributed by atoms with Gasteiger partial charge in [0.25, 0.3) is 0 Å². The van der Waals surface area contributed by atoms with Gasteiger partial charge >= 0.3 is 0 Å². The molecule has 3 nitrogen and oxygen atoms in total. The van der Waals surface area contributed by atoms with Gasteiger partial charge in [-0.05, 0) is 37.0 Å². The number of hydrogen-bond donors (Lipinski definition) is 0. The Morgan fingerprint density at radius 2 is 2.15 bits per heavy atom. The van der Waals surface area contributed by atoms with Crippen LogP contribution in [0.5, 0.6) is 0 Å². The van der Waals surface area contributed by atoms with Crippen LogP contribution < -0.4 is 0 Å². The van der Waals surface area contributed by atoms with Crippen molar-refractivity contribution < 1.29 is 8.42 Å². The molecule has 0 spiro atoms. The van der Waals surface area contributed by atoms with Gasteiger partial charge in [0.05, 0.1) is 4.90 Å². The van der Waals surface area contributed by atoms with Crippen LogP contribution in [0, 0.1) is 0 Å². The van der Waals surface area contributed by atoms with Gasteiger partial charge in [-0.1, -0.05) is 31.9 Å². The number of benzene rings is 1. The molecule has 0 N–H and O–H groups in total. The van der Waals surface area contributed by atoms with Gasteiger partial charge in [0.2, 0.25) is 10.0 Å². The van der Waals surface area contributed by atoms with Crippen molar-refractivity contribution in [2.24, 2.45) is 0 Å². The smallest absolute Gasteiger partial charge is 0.207 e. The SMILES string of the molecule is CCCC1CCCCN1S(=O)(=O)c1cccc(CCl)c1. The first-order valence-electron chi connectivity index (χ1n) is 7.26. The summed E-state index contributed by atoms with van der Waals surface area (Å²) in [5, 5.41) is 0. The summed E-state index contributed by atoms with van der Waals surface area (Å²) in [6.45, 7) is 2.74. The number of piperidine rings is 1. The largest absolute Gasteiger partial charge is 0.243 e.